The van der Waals surface area contributed by atoms with Crippen LogP contribution < -0.4 is 11.1 Å². The first kappa shape index (κ1) is 21.6. The van der Waals surface area contributed by atoms with Crippen LogP contribution in [0.1, 0.15) is 5.56 Å². The third-order valence-electron chi connectivity index (χ3n) is 5.73. The van der Waals surface area contributed by atoms with E-state index in [1.165, 1.54) is 0 Å². The van der Waals surface area contributed by atoms with Gasteiger partial charge in [-0.25, -0.2) is 9.67 Å². The summed E-state index contributed by atoms with van der Waals surface area (Å²) in [5.41, 5.74) is 10.7. The maximum absolute atomic E-state index is 6.59. The second-order valence-corrected chi connectivity index (χ2v) is 8.56. The summed E-state index contributed by atoms with van der Waals surface area (Å²) in [6, 6.07) is 15.6. The summed E-state index contributed by atoms with van der Waals surface area (Å²) in [5, 5.41) is 9.43. The first-order valence-corrected chi connectivity index (χ1v) is 11.4. The Morgan fingerprint density at radius 1 is 1.09 bits per heavy atom. The summed E-state index contributed by atoms with van der Waals surface area (Å²) < 4.78 is 7.14. The number of hydrogen-bond acceptors (Lipinski definition) is 7. The van der Waals surface area contributed by atoms with Gasteiger partial charge >= 0.3 is 0 Å². The van der Waals surface area contributed by atoms with E-state index in [4.69, 9.17) is 32.2 Å². The van der Waals surface area contributed by atoms with Crippen molar-refractivity contribution in [3.8, 4) is 16.9 Å². The maximum Gasteiger partial charge on any atom is 0.225 e. The Kier molecular flexibility index (Phi) is 6.13. The normalized spacial score (nSPS) is 14.6. The van der Waals surface area contributed by atoms with Crippen LogP contribution >= 0.6 is 11.6 Å². The quantitative estimate of drug-likeness (QED) is 0.449. The molecule has 0 radical (unpaired) electrons. The summed E-state index contributed by atoms with van der Waals surface area (Å²) in [6.45, 7) is 7.07. The van der Waals surface area contributed by atoms with Gasteiger partial charge in [-0.3, -0.25) is 4.90 Å². The number of aryl methyl sites for hydroxylation is 1. The van der Waals surface area contributed by atoms with E-state index < -0.39 is 0 Å². The molecule has 0 bridgehead atoms. The lowest BCUT2D eigenvalue weighted by atomic mass is 10.1. The van der Waals surface area contributed by atoms with E-state index >= 15 is 0 Å². The van der Waals surface area contributed by atoms with E-state index in [1.54, 1.807) is 4.68 Å². The Morgan fingerprint density at radius 3 is 2.70 bits per heavy atom. The Labute approximate surface area is 197 Å². The Bertz CT molecular complexity index is 1280. The minimum Gasteiger partial charge on any atom is -0.383 e. The number of fused-ring (bicyclic) bond motifs is 1. The molecule has 9 heteroatoms. The van der Waals surface area contributed by atoms with Crippen LogP contribution in [0, 0.1) is 6.92 Å². The molecule has 0 spiro atoms. The minimum absolute atomic E-state index is 0.491. The zero-order chi connectivity index (χ0) is 22.8. The number of nitrogen functional groups attached to an aromatic ring is 1. The van der Waals surface area contributed by atoms with Crippen LogP contribution in [-0.2, 0) is 4.74 Å². The van der Waals surface area contributed by atoms with Gasteiger partial charge in [-0.15, -0.1) is 5.10 Å². The topological polar surface area (TPSA) is 94.1 Å². The van der Waals surface area contributed by atoms with Crippen molar-refractivity contribution in [3.05, 3.63) is 59.1 Å². The van der Waals surface area contributed by atoms with Crippen LogP contribution in [0.25, 0.3) is 28.0 Å². The van der Waals surface area contributed by atoms with E-state index in [-0.39, 0.29) is 0 Å². The van der Waals surface area contributed by atoms with E-state index in [2.05, 4.69) is 15.2 Å². The first-order chi connectivity index (χ1) is 16.1. The number of hydrogen-bond donors (Lipinski definition) is 2. The third kappa shape index (κ3) is 4.64. The number of rotatable bonds is 6. The zero-order valence-electron chi connectivity index (χ0n) is 18.5. The summed E-state index contributed by atoms with van der Waals surface area (Å²) >= 11 is 6.29. The average molecular weight is 464 g/mol. The molecule has 3 N–H and O–H groups in total. The van der Waals surface area contributed by atoms with Gasteiger partial charge in [0.2, 0.25) is 5.95 Å². The van der Waals surface area contributed by atoms with Crippen LogP contribution in [0.2, 0.25) is 5.02 Å². The van der Waals surface area contributed by atoms with Crippen molar-refractivity contribution in [2.75, 3.05) is 50.4 Å². The van der Waals surface area contributed by atoms with Gasteiger partial charge in [0.05, 0.1) is 30.0 Å². The van der Waals surface area contributed by atoms with Gasteiger partial charge < -0.3 is 15.8 Å². The number of halogens is 1. The molecule has 33 heavy (non-hydrogen) atoms. The lowest BCUT2D eigenvalue weighted by Crippen LogP contribution is -2.39. The van der Waals surface area contributed by atoms with Crippen LogP contribution in [0.15, 0.2) is 48.5 Å². The fourth-order valence-corrected chi connectivity index (χ4v) is 4.23. The number of morpholine rings is 1. The van der Waals surface area contributed by atoms with Crippen LogP contribution in [0.5, 0.6) is 0 Å². The van der Waals surface area contributed by atoms with Crippen molar-refractivity contribution in [2.24, 2.45) is 0 Å². The van der Waals surface area contributed by atoms with E-state index in [9.17, 15) is 0 Å². The number of benzene rings is 2. The number of nitrogens with zero attached hydrogens (tertiary/aromatic N) is 5. The Hall–Kier alpha value is -3.20. The molecule has 5 rings (SSSR count). The molecule has 8 nitrogen and oxygen atoms in total. The minimum atomic E-state index is 0.491. The molecular weight excluding hydrogens is 438 g/mol. The molecule has 1 aliphatic heterocycles. The van der Waals surface area contributed by atoms with E-state index in [1.807, 2.05) is 55.5 Å². The fraction of sp³-hybridized carbons (Fsp3) is 0.292. The zero-order valence-corrected chi connectivity index (χ0v) is 19.2. The number of ether oxygens (including phenoxy) is 1. The SMILES string of the molecule is Cc1cccc(-n2nc3nc(NCCN4CCOCC4)nc(-c4cccc(Cl)c4)c3c2N)c1. The van der Waals surface area contributed by atoms with Crippen molar-refractivity contribution < 1.29 is 4.74 Å². The van der Waals surface area contributed by atoms with Crippen molar-refractivity contribution in [3.63, 3.8) is 0 Å². The highest BCUT2D eigenvalue weighted by atomic mass is 35.5. The molecule has 1 fully saturated rings. The number of anilines is 2. The highest BCUT2D eigenvalue weighted by molar-refractivity contribution is 6.30. The van der Waals surface area contributed by atoms with Crippen LogP contribution in [0.3, 0.4) is 0 Å². The van der Waals surface area contributed by atoms with Crippen LogP contribution in [0.4, 0.5) is 11.8 Å². The average Bonchev–Trinajstić information content (AvgIpc) is 3.16. The molecule has 0 saturated carbocycles. The summed E-state index contributed by atoms with van der Waals surface area (Å²) in [4.78, 5) is 11.9. The van der Waals surface area contributed by atoms with Crippen molar-refractivity contribution in [1.29, 1.82) is 0 Å². The second-order valence-electron chi connectivity index (χ2n) is 8.12. The molecule has 0 atom stereocenters. The molecule has 3 heterocycles. The fourth-order valence-electron chi connectivity index (χ4n) is 4.04. The molecule has 170 valence electrons. The Morgan fingerprint density at radius 2 is 1.91 bits per heavy atom. The molecule has 0 aliphatic carbocycles. The lowest BCUT2D eigenvalue weighted by molar-refractivity contribution is 0.0398. The van der Waals surface area contributed by atoms with Gasteiger partial charge in [0.15, 0.2) is 5.65 Å². The van der Waals surface area contributed by atoms with Crippen LogP contribution in [-0.4, -0.2) is 64.0 Å². The van der Waals surface area contributed by atoms with Crippen molar-refractivity contribution in [1.82, 2.24) is 24.6 Å². The molecule has 4 aromatic rings. The highest BCUT2D eigenvalue weighted by Gasteiger charge is 2.20. The summed E-state index contributed by atoms with van der Waals surface area (Å²) in [5.74, 6) is 1.00. The summed E-state index contributed by atoms with van der Waals surface area (Å²) in [7, 11) is 0. The lowest BCUT2D eigenvalue weighted by Gasteiger charge is -2.26. The van der Waals surface area contributed by atoms with Gasteiger partial charge in [0.25, 0.3) is 0 Å². The molecular formula is C24H26ClN7O. The molecule has 2 aromatic carbocycles. The van der Waals surface area contributed by atoms with Crippen molar-refractivity contribution >= 4 is 34.4 Å². The number of nitrogens with one attached hydrogen (secondary N) is 1. The largest absolute Gasteiger partial charge is 0.383 e. The molecule has 0 unspecified atom stereocenters. The molecule has 1 saturated heterocycles. The second kappa shape index (κ2) is 9.35. The monoisotopic (exact) mass is 463 g/mol. The number of aromatic nitrogens is 4. The van der Waals surface area contributed by atoms with Gasteiger partial charge in [0.1, 0.15) is 5.82 Å². The van der Waals surface area contributed by atoms with Gasteiger partial charge in [0, 0.05) is 36.8 Å². The predicted octanol–water partition coefficient (Wildman–Crippen LogP) is 3.77. The summed E-state index contributed by atoms with van der Waals surface area (Å²) in [6.07, 6.45) is 0. The van der Waals surface area contributed by atoms with Gasteiger partial charge in [-0.05, 0) is 36.8 Å². The first-order valence-electron chi connectivity index (χ1n) is 11.0. The number of nitrogens with two attached hydrogens (primary N) is 1. The molecule has 1 aliphatic rings. The maximum atomic E-state index is 6.59. The highest BCUT2D eigenvalue weighted by Crippen LogP contribution is 2.33. The smallest absolute Gasteiger partial charge is 0.225 e. The van der Waals surface area contributed by atoms with Crippen molar-refractivity contribution in [2.45, 2.75) is 6.92 Å². The van der Waals surface area contributed by atoms with E-state index in [0.717, 1.165) is 49.7 Å². The standard InChI is InChI=1S/C24H26ClN7O/c1-16-4-2-7-19(14-16)32-22(26)20-21(17-5-3-6-18(25)15-17)28-24(29-23(20)30-32)27-8-9-31-10-12-33-13-11-31/h2-7,14-15H,8-13,26H2,1H3,(H,27,29,30). The Balaban J connectivity index is 1.55. The molecule has 2 aromatic heterocycles. The molecule has 0 amide bonds. The predicted molar refractivity (Wildman–Crippen MR) is 132 cm³/mol. The van der Waals surface area contributed by atoms with Gasteiger partial charge in [-0.2, -0.15) is 4.98 Å². The third-order valence-corrected chi connectivity index (χ3v) is 5.96. The van der Waals surface area contributed by atoms with Gasteiger partial charge in [-0.1, -0.05) is 35.9 Å². The van der Waals surface area contributed by atoms with E-state index in [0.29, 0.717) is 40.1 Å².